The van der Waals surface area contributed by atoms with Crippen LogP contribution in [-0.2, 0) is 4.79 Å². The Morgan fingerprint density at radius 2 is 1.86 bits per heavy atom. The van der Waals surface area contributed by atoms with E-state index in [1.807, 2.05) is 12.1 Å². The molecule has 0 aliphatic carbocycles. The van der Waals surface area contributed by atoms with Crippen LogP contribution < -0.4 is 5.48 Å². The summed E-state index contributed by atoms with van der Waals surface area (Å²) in [5, 5.41) is 10.0. The number of para-hydroxylation sites is 1. The topological polar surface area (TPSA) is 71.3 Å². The van der Waals surface area contributed by atoms with Crippen LogP contribution in [0.2, 0.25) is 0 Å². The highest BCUT2D eigenvalue weighted by atomic mass is 19.1. The Labute approximate surface area is 162 Å². The average molecular weight is 382 g/mol. The molecule has 6 heteroatoms. The van der Waals surface area contributed by atoms with E-state index in [1.54, 1.807) is 28.4 Å². The van der Waals surface area contributed by atoms with Crippen LogP contribution in [-0.4, -0.2) is 21.5 Å². The summed E-state index contributed by atoms with van der Waals surface area (Å²) in [6.07, 6.45) is 5.10. The lowest BCUT2D eigenvalue weighted by atomic mass is 10.0. The Morgan fingerprint density at radius 3 is 2.54 bits per heavy atom. The Kier molecular flexibility index (Phi) is 6.21. The van der Waals surface area contributed by atoms with Crippen molar-refractivity contribution in [3.63, 3.8) is 0 Å². The number of carbonyl (C=O) groups is 2. The zero-order valence-electron chi connectivity index (χ0n) is 15.7. The zero-order valence-corrected chi connectivity index (χ0v) is 15.7. The van der Waals surface area contributed by atoms with Crippen molar-refractivity contribution in [3.05, 3.63) is 71.7 Å². The van der Waals surface area contributed by atoms with E-state index in [-0.39, 0.29) is 5.78 Å². The Bertz CT molecular complexity index is 979. The Morgan fingerprint density at radius 1 is 1.11 bits per heavy atom. The summed E-state index contributed by atoms with van der Waals surface area (Å²) in [5.74, 6) is -1.17. The third-order valence-electron chi connectivity index (χ3n) is 4.92. The molecule has 1 heterocycles. The van der Waals surface area contributed by atoms with Gasteiger partial charge >= 0.3 is 0 Å². The minimum Gasteiger partial charge on any atom is -0.334 e. The highest BCUT2D eigenvalue weighted by Gasteiger charge is 2.24. The van der Waals surface area contributed by atoms with Crippen molar-refractivity contribution in [2.45, 2.75) is 38.6 Å². The number of nitrogens with zero attached hydrogens (tertiary/aromatic N) is 1. The molecule has 1 unspecified atom stereocenters. The number of hydrogen-bond acceptors (Lipinski definition) is 3. The lowest BCUT2D eigenvalue weighted by Crippen LogP contribution is -2.30. The number of aromatic nitrogens is 1. The molecule has 3 rings (SSSR count). The highest BCUT2D eigenvalue weighted by molar-refractivity contribution is 6.16. The van der Waals surface area contributed by atoms with Gasteiger partial charge in [0, 0.05) is 22.7 Å². The lowest BCUT2D eigenvalue weighted by Gasteiger charge is -2.19. The summed E-state index contributed by atoms with van der Waals surface area (Å²) in [4.78, 5) is 25.4. The third kappa shape index (κ3) is 3.97. The smallest absolute Gasteiger partial charge is 0.266 e. The zero-order chi connectivity index (χ0) is 20.1. The molecular formula is C22H23FN2O3. The second-order valence-corrected chi connectivity index (χ2v) is 6.79. The van der Waals surface area contributed by atoms with E-state index in [0.29, 0.717) is 23.1 Å². The Balaban J connectivity index is 2.07. The first kappa shape index (κ1) is 19.8. The molecular weight excluding hydrogens is 359 g/mol. The number of hydrogen-bond donors (Lipinski definition) is 2. The second kappa shape index (κ2) is 8.80. The summed E-state index contributed by atoms with van der Waals surface area (Å²) >= 11 is 0. The number of nitrogens with one attached hydrogen (secondary N) is 1. The van der Waals surface area contributed by atoms with Crippen LogP contribution in [0.25, 0.3) is 10.9 Å². The van der Waals surface area contributed by atoms with Gasteiger partial charge in [-0.1, -0.05) is 38.3 Å². The van der Waals surface area contributed by atoms with Gasteiger partial charge in [-0.25, -0.2) is 9.87 Å². The maximum absolute atomic E-state index is 13.2. The van der Waals surface area contributed by atoms with E-state index in [4.69, 9.17) is 0 Å². The van der Waals surface area contributed by atoms with Crippen molar-refractivity contribution >= 4 is 22.6 Å². The predicted molar refractivity (Wildman–Crippen MR) is 105 cm³/mol. The van der Waals surface area contributed by atoms with Crippen molar-refractivity contribution < 1.29 is 19.2 Å². The minimum atomic E-state index is -0.629. The van der Waals surface area contributed by atoms with E-state index in [2.05, 4.69) is 6.92 Å². The van der Waals surface area contributed by atoms with Gasteiger partial charge in [0.15, 0.2) is 5.78 Å². The van der Waals surface area contributed by atoms with Gasteiger partial charge in [0.05, 0.1) is 5.52 Å². The van der Waals surface area contributed by atoms with Gasteiger partial charge in [0.25, 0.3) is 5.91 Å². The van der Waals surface area contributed by atoms with Crippen molar-refractivity contribution in [2.24, 2.45) is 0 Å². The van der Waals surface area contributed by atoms with E-state index < -0.39 is 17.8 Å². The van der Waals surface area contributed by atoms with Gasteiger partial charge in [-0.3, -0.25) is 14.8 Å². The Hall–Kier alpha value is -2.99. The lowest BCUT2D eigenvalue weighted by molar-refractivity contribution is -0.132. The summed E-state index contributed by atoms with van der Waals surface area (Å²) in [6, 6.07) is 12.0. The van der Waals surface area contributed by atoms with Crippen LogP contribution in [0.1, 0.15) is 54.6 Å². The number of benzene rings is 2. The highest BCUT2D eigenvalue weighted by Crippen LogP contribution is 2.28. The van der Waals surface area contributed by atoms with Crippen LogP contribution in [0.5, 0.6) is 0 Å². The molecule has 0 saturated carbocycles. The average Bonchev–Trinajstić information content (AvgIpc) is 3.15. The third-order valence-corrected chi connectivity index (χ3v) is 4.92. The molecule has 0 aliphatic rings. The van der Waals surface area contributed by atoms with Crippen LogP contribution >= 0.6 is 0 Å². The maximum atomic E-state index is 13.2. The fourth-order valence-corrected chi connectivity index (χ4v) is 3.48. The molecule has 1 amide bonds. The van der Waals surface area contributed by atoms with Gasteiger partial charge in [-0.2, -0.15) is 0 Å². The number of ketones is 1. The van der Waals surface area contributed by atoms with Gasteiger partial charge in [-0.15, -0.1) is 0 Å². The summed E-state index contributed by atoms with van der Waals surface area (Å²) in [7, 11) is 0. The normalized spacial score (nSPS) is 12.1. The first-order chi connectivity index (χ1) is 13.6. The van der Waals surface area contributed by atoms with Crippen molar-refractivity contribution in [3.8, 4) is 0 Å². The quantitative estimate of drug-likeness (QED) is 0.258. The van der Waals surface area contributed by atoms with Crippen LogP contribution in [0.15, 0.2) is 54.7 Å². The van der Waals surface area contributed by atoms with Gasteiger partial charge in [0.2, 0.25) is 0 Å². The maximum Gasteiger partial charge on any atom is 0.266 e. The molecule has 28 heavy (non-hydrogen) atoms. The van der Waals surface area contributed by atoms with Crippen molar-refractivity contribution in [2.75, 3.05) is 0 Å². The molecule has 2 aromatic carbocycles. The molecule has 2 N–H and O–H groups in total. The molecule has 0 fully saturated rings. The van der Waals surface area contributed by atoms with E-state index in [0.717, 1.165) is 24.6 Å². The molecule has 0 aliphatic heterocycles. The molecule has 0 spiro atoms. The van der Waals surface area contributed by atoms with E-state index >= 15 is 0 Å². The number of fused-ring (bicyclic) bond motifs is 1. The fourth-order valence-electron chi connectivity index (χ4n) is 3.48. The minimum absolute atomic E-state index is 0.248. The summed E-state index contributed by atoms with van der Waals surface area (Å²) in [6.45, 7) is 2.08. The van der Waals surface area contributed by atoms with Crippen molar-refractivity contribution in [1.82, 2.24) is 10.0 Å². The number of carbonyl (C=O) groups excluding carboxylic acids is 2. The molecule has 146 valence electrons. The van der Waals surface area contributed by atoms with E-state index in [9.17, 15) is 19.2 Å². The number of unbranched alkanes of at least 4 members (excludes halogenated alkanes) is 2. The van der Waals surface area contributed by atoms with Gasteiger partial charge < -0.3 is 4.57 Å². The first-order valence-corrected chi connectivity index (χ1v) is 9.40. The molecule has 0 bridgehead atoms. The first-order valence-electron chi connectivity index (χ1n) is 9.40. The molecule has 1 atom stereocenters. The van der Waals surface area contributed by atoms with Crippen molar-refractivity contribution in [1.29, 1.82) is 0 Å². The summed E-state index contributed by atoms with van der Waals surface area (Å²) in [5.41, 5.74) is 3.17. The fraction of sp³-hybridized carbons (Fsp3) is 0.273. The van der Waals surface area contributed by atoms with Crippen LogP contribution in [0.3, 0.4) is 0 Å². The molecule has 3 aromatic rings. The summed E-state index contributed by atoms with van der Waals surface area (Å²) < 4.78 is 15.0. The monoisotopic (exact) mass is 382 g/mol. The molecule has 5 nitrogen and oxygen atoms in total. The largest absolute Gasteiger partial charge is 0.334 e. The number of amides is 1. The molecule has 0 saturated heterocycles. The van der Waals surface area contributed by atoms with E-state index in [1.165, 1.54) is 24.3 Å². The van der Waals surface area contributed by atoms with Gasteiger partial charge in [-0.05, 0) is 42.8 Å². The molecule has 0 radical (unpaired) electrons. The number of hydroxylamine groups is 1. The number of halogens is 1. The van der Waals surface area contributed by atoms with Crippen LogP contribution in [0, 0.1) is 5.82 Å². The number of rotatable bonds is 8. The SMILES string of the molecule is CCCCCC(C(=O)NO)n1ccc2cccc(C(=O)c3ccc(F)cc3)c21. The van der Waals surface area contributed by atoms with Gasteiger partial charge in [0.1, 0.15) is 11.9 Å². The second-order valence-electron chi connectivity index (χ2n) is 6.79. The predicted octanol–water partition coefficient (Wildman–Crippen LogP) is 4.64. The molecule has 1 aromatic heterocycles. The van der Waals surface area contributed by atoms with Crippen LogP contribution in [0.4, 0.5) is 4.39 Å². The standard InChI is InChI=1S/C22H23FN2O3/c1-2-3-4-8-19(22(27)24-28)25-14-13-15-6-5-7-18(20(15)25)21(26)16-9-11-17(23)12-10-16/h5-7,9-14,19,28H,2-4,8H2,1H3,(H,24,27).